The van der Waals surface area contributed by atoms with Crippen LogP contribution in [0.25, 0.3) is 0 Å². The van der Waals surface area contributed by atoms with Crippen LogP contribution in [0, 0.1) is 5.92 Å². The molecular weight excluding hydrogens is 344 g/mol. The van der Waals surface area contributed by atoms with Crippen molar-refractivity contribution < 1.29 is 4.79 Å². The van der Waals surface area contributed by atoms with Gasteiger partial charge >= 0.3 is 0 Å². The van der Waals surface area contributed by atoms with E-state index in [1.165, 1.54) is 23.4 Å². The van der Waals surface area contributed by atoms with Crippen LogP contribution in [-0.4, -0.2) is 60.0 Å². The molecule has 2 aliphatic heterocycles. The molecule has 0 bridgehead atoms. The van der Waals surface area contributed by atoms with Gasteiger partial charge in [0.15, 0.2) is 0 Å². The quantitative estimate of drug-likeness (QED) is 0.881. The first-order valence-electron chi connectivity index (χ1n) is 8.95. The third-order valence-corrected chi connectivity index (χ3v) is 6.12. The Kier molecular flexibility index (Phi) is 6.13. The summed E-state index contributed by atoms with van der Waals surface area (Å²) in [6.07, 6.45) is 4.80. The molecule has 5 nitrogen and oxygen atoms in total. The fourth-order valence-corrected chi connectivity index (χ4v) is 4.73. The van der Waals surface area contributed by atoms with Gasteiger partial charge < -0.3 is 10.2 Å². The van der Waals surface area contributed by atoms with Crippen molar-refractivity contribution in [3.8, 4) is 0 Å². The lowest BCUT2D eigenvalue weighted by molar-refractivity contribution is -0.138. The van der Waals surface area contributed by atoms with Crippen molar-refractivity contribution in [2.24, 2.45) is 5.92 Å². The molecule has 3 heterocycles. The standard InChI is InChI=1S/C17H26N4OS.ClH/c22-17(21-8-5-18-6-9-21)14-2-1-7-20(10-14)11-15-16(13-3-4-13)19-12-23-15;/h12-14,18H,1-11H2;1H. The second-order valence-electron chi connectivity index (χ2n) is 7.08. The molecule has 2 saturated heterocycles. The summed E-state index contributed by atoms with van der Waals surface area (Å²) in [5.41, 5.74) is 3.33. The molecule has 1 saturated carbocycles. The van der Waals surface area contributed by atoms with Gasteiger partial charge in [-0.25, -0.2) is 4.98 Å². The molecule has 1 amide bonds. The highest BCUT2D eigenvalue weighted by Gasteiger charge is 2.32. The maximum absolute atomic E-state index is 12.7. The summed E-state index contributed by atoms with van der Waals surface area (Å²) >= 11 is 1.79. The Labute approximate surface area is 154 Å². The predicted octanol–water partition coefficient (Wildman–Crippen LogP) is 2.09. The van der Waals surface area contributed by atoms with Crippen LogP contribution >= 0.6 is 23.7 Å². The molecule has 1 atom stereocenters. The third kappa shape index (κ3) is 4.10. The highest BCUT2D eigenvalue weighted by atomic mass is 35.5. The summed E-state index contributed by atoms with van der Waals surface area (Å²) in [6.45, 7) is 6.65. The number of likely N-dealkylation sites (tertiary alicyclic amines) is 1. The normalized spacial score (nSPS) is 25.3. The summed E-state index contributed by atoms with van der Waals surface area (Å²) < 4.78 is 0. The van der Waals surface area contributed by atoms with Crippen molar-refractivity contribution in [1.29, 1.82) is 0 Å². The molecule has 134 valence electrons. The van der Waals surface area contributed by atoms with Gasteiger partial charge in [-0.15, -0.1) is 23.7 Å². The van der Waals surface area contributed by atoms with E-state index in [-0.39, 0.29) is 18.3 Å². The number of thiazole rings is 1. The first-order valence-corrected chi connectivity index (χ1v) is 9.83. The topological polar surface area (TPSA) is 48.5 Å². The van der Waals surface area contributed by atoms with Gasteiger partial charge in [-0.1, -0.05) is 0 Å². The average molecular weight is 371 g/mol. The van der Waals surface area contributed by atoms with Gasteiger partial charge in [0.2, 0.25) is 5.91 Å². The van der Waals surface area contributed by atoms with Crippen molar-refractivity contribution in [3.05, 3.63) is 16.1 Å². The number of aromatic nitrogens is 1. The Bertz CT molecular complexity index is 557. The van der Waals surface area contributed by atoms with E-state index in [1.807, 2.05) is 5.51 Å². The lowest BCUT2D eigenvalue weighted by atomic mass is 9.96. The van der Waals surface area contributed by atoms with Gasteiger partial charge in [-0.3, -0.25) is 9.69 Å². The molecule has 0 radical (unpaired) electrons. The van der Waals surface area contributed by atoms with Crippen LogP contribution in [0.4, 0.5) is 0 Å². The van der Waals surface area contributed by atoms with Crippen molar-refractivity contribution in [3.63, 3.8) is 0 Å². The molecule has 3 aliphatic rings. The number of hydrogen-bond donors (Lipinski definition) is 1. The van der Waals surface area contributed by atoms with Gasteiger partial charge in [-0.05, 0) is 32.2 Å². The number of carbonyl (C=O) groups is 1. The van der Waals surface area contributed by atoms with Crippen LogP contribution in [0.2, 0.25) is 0 Å². The maximum Gasteiger partial charge on any atom is 0.227 e. The van der Waals surface area contributed by atoms with Crippen LogP contribution in [0.5, 0.6) is 0 Å². The minimum absolute atomic E-state index is 0. The van der Waals surface area contributed by atoms with Gasteiger partial charge in [0, 0.05) is 50.1 Å². The molecule has 1 aromatic rings. The van der Waals surface area contributed by atoms with E-state index in [2.05, 4.69) is 20.1 Å². The van der Waals surface area contributed by atoms with E-state index < -0.39 is 0 Å². The molecular formula is C17H27ClN4OS. The fourth-order valence-electron chi connectivity index (χ4n) is 3.83. The zero-order valence-electron chi connectivity index (χ0n) is 14.1. The Balaban J connectivity index is 0.00000169. The minimum atomic E-state index is 0. The van der Waals surface area contributed by atoms with Crippen molar-refractivity contribution in [1.82, 2.24) is 20.1 Å². The number of nitrogens with zero attached hydrogens (tertiary/aromatic N) is 3. The van der Waals surface area contributed by atoms with Gasteiger partial charge in [0.25, 0.3) is 0 Å². The summed E-state index contributed by atoms with van der Waals surface area (Å²) in [7, 11) is 0. The number of rotatable bonds is 4. The van der Waals surface area contributed by atoms with E-state index in [0.29, 0.717) is 5.91 Å². The second kappa shape index (κ2) is 8.13. The highest BCUT2D eigenvalue weighted by molar-refractivity contribution is 7.09. The maximum atomic E-state index is 12.7. The number of piperidine rings is 1. The van der Waals surface area contributed by atoms with Crippen LogP contribution in [0.3, 0.4) is 0 Å². The number of piperazine rings is 1. The molecule has 1 aromatic heterocycles. The first-order chi connectivity index (χ1) is 11.3. The molecule has 24 heavy (non-hydrogen) atoms. The molecule has 0 spiro atoms. The predicted molar refractivity (Wildman–Crippen MR) is 98.8 cm³/mol. The van der Waals surface area contributed by atoms with E-state index in [1.54, 1.807) is 11.3 Å². The second-order valence-corrected chi connectivity index (χ2v) is 8.02. The molecule has 1 N–H and O–H groups in total. The Hall–Kier alpha value is -0.690. The Morgan fingerprint density at radius 1 is 1.25 bits per heavy atom. The van der Waals surface area contributed by atoms with Crippen molar-refractivity contribution in [2.45, 2.75) is 38.1 Å². The third-order valence-electron chi connectivity index (χ3n) is 5.29. The average Bonchev–Trinajstić information content (AvgIpc) is 3.35. The molecule has 0 aromatic carbocycles. The van der Waals surface area contributed by atoms with Gasteiger partial charge in [0.1, 0.15) is 0 Å². The first kappa shape index (κ1) is 18.1. The molecule has 1 aliphatic carbocycles. The summed E-state index contributed by atoms with van der Waals surface area (Å²) in [6, 6.07) is 0. The van der Waals surface area contributed by atoms with E-state index in [4.69, 9.17) is 0 Å². The molecule has 1 unspecified atom stereocenters. The summed E-state index contributed by atoms with van der Waals surface area (Å²) in [5, 5.41) is 3.32. The lowest BCUT2D eigenvalue weighted by Crippen LogP contribution is -2.51. The zero-order chi connectivity index (χ0) is 15.6. The SMILES string of the molecule is Cl.O=C(C1CCCN(Cc2scnc2C2CC2)C1)N1CCNCC1. The lowest BCUT2D eigenvalue weighted by Gasteiger charge is -2.36. The van der Waals surface area contributed by atoms with Crippen LogP contribution in [-0.2, 0) is 11.3 Å². The number of halogens is 1. The van der Waals surface area contributed by atoms with Gasteiger partial charge in [0.05, 0.1) is 17.1 Å². The summed E-state index contributed by atoms with van der Waals surface area (Å²) in [4.78, 5) is 23.3. The van der Waals surface area contributed by atoms with Crippen molar-refractivity contribution in [2.75, 3.05) is 39.3 Å². The Morgan fingerprint density at radius 2 is 2.04 bits per heavy atom. The monoisotopic (exact) mass is 370 g/mol. The molecule has 3 fully saturated rings. The smallest absolute Gasteiger partial charge is 0.227 e. The van der Waals surface area contributed by atoms with Crippen molar-refractivity contribution >= 4 is 29.7 Å². The molecule has 4 rings (SSSR count). The van der Waals surface area contributed by atoms with E-state index >= 15 is 0 Å². The molecule has 7 heteroatoms. The van der Waals surface area contributed by atoms with E-state index in [0.717, 1.165) is 64.6 Å². The number of hydrogen-bond acceptors (Lipinski definition) is 5. The fraction of sp³-hybridized carbons (Fsp3) is 0.765. The van der Waals surface area contributed by atoms with Crippen LogP contribution in [0.1, 0.15) is 42.2 Å². The number of amides is 1. The highest BCUT2D eigenvalue weighted by Crippen LogP contribution is 2.42. The number of carbonyl (C=O) groups excluding carboxylic acids is 1. The number of nitrogens with one attached hydrogen (secondary N) is 1. The van der Waals surface area contributed by atoms with Crippen LogP contribution < -0.4 is 5.32 Å². The largest absolute Gasteiger partial charge is 0.340 e. The van der Waals surface area contributed by atoms with E-state index in [9.17, 15) is 4.79 Å². The van der Waals surface area contributed by atoms with Gasteiger partial charge in [-0.2, -0.15) is 0 Å². The zero-order valence-corrected chi connectivity index (χ0v) is 15.7. The summed E-state index contributed by atoms with van der Waals surface area (Å²) in [5.74, 6) is 1.29. The van der Waals surface area contributed by atoms with Crippen LogP contribution in [0.15, 0.2) is 5.51 Å². The minimum Gasteiger partial charge on any atom is -0.340 e. The Morgan fingerprint density at radius 3 is 2.79 bits per heavy atom.